The summed E-state index contributed by atoms with van der Waals surface area (Å²) in [6.45, 7) is 4.60. The average molecular weight is 347 g/mol. The number of carbonyl (C=O) groups excluding carboxylic acids is 2. The largest absolute Gasteiger partial charge is 0.465 e. The van der Waals surface area contributed by atoms with Crippen LogP contribution in [0, 0.1) is 6.92 Å². The standard InChI is InChI=1S/C17H21N3O3S/c1-4-20-10(2)9-12(19-20)15(21)18-16-14(17(22)23-3)11-7-5-6-8-13(11)24-16/h9H,4-8H2,1-3H3,(H,18,21). The minimum atomic E-state index is -0.389. The van der Waals surface area contributed by atoms with E-state index in [1.54, 1.807) is 10.7 Å². The molecular weight excluding hydrogens is 326 g/mol. The number of hydrogen-bond acceptors (Lipinski definition) is 5. The van der Waals surface area contributed by atoms with Crippen molar-refractivity contribution in [1.29, 1.82) is 0 Å². The van der Waals surface area contributed by atoms with Gasteiger partial charge in [0.2, 0.25) is 0 Å². The number of hydrogen-bond donors (Lipinski definition) is 1. The molecule has 2 aromatic heterocycles. The predicted octanol–water partition coefficient (Wildman–Crippen LogP) is 3.19. The third kappa shape index (κ3) is 2.96. The summed E-state index contributed by atoms with van der Waals surface area (Å²) in [6, 6.07) is 1.75. The number of nitrogens with zero attached hydrogens (tertiary/aromatic N) is 2. The molecule has 0 saturated carbocycles. The number of anilines is 1. The first-order valence-electron chi connectivity index (χ1n) is 8.13. The summed E-state index contributed by atoms with van der Waals surface area (Å²) in [5, 5.41) is 7.73. The number of carbonyl (C=O) groups is 2. The SMILES string of the molecule is CCn1nc(C(=O)Nc2sc3c(c2C(=O)OC)CCCC3)cc1C. The van der Waals surface area contributed by atoms with Gasteiger partial charge in [0.15, 0.2) is 5.69 Å². The summed E-state index contributed by atoms with van der Waals surface area (Å²) in [5.41, 5.74) is 2.83. The first-order chi connectivity index (χ1) is 11.5. The van der Waals surface area contributed by atoms with Crippen LogP contribution in [-0.4, -0.2) is 28.8 Å². The summed E-state index contributed by atoms with van der Waals surface area (Å²) in [7, 11) is 1.37. The topological polar surface area (TPSA) is 73.2 Å². The van der Waals surface area contributed by atoms with Gasteiger partial charge in [-0.15, -0.1) is 11.3 Å². The molecule has 7 heteroatoms. The van der Waals surface area contributed by atoms with E-state index in [4.69, 9.17) is 4.74 Å². The lowest BCUT2D eigenvalue weighted by Crippen LogP contribution is -2.16. The fourth-order valence-electron chi connectivity index (χ4n) is 3.08. The van der Waals surface area contributed by atoms with Gasteiger partial charge in [-0.3, -0.25) is 9.48 Å². The maximum Gasteiger partial charge on any atom is 0.341 e. The Kier molecular flexibility index (Phi) is 4.71. The summed E-state index contributed by atoms with van der Waals surface area (Å²) >= 11 is 1.48. The minimum Gasteiger partial charge on any atom is -0.465 e. The fourth-order valence-corrected chi connectivity index (χ4v) is 4.35. The van der Waals surface area contributed by atoms with E-state index in [2.05, 4.69) is 10.4 Å². The molecule has 0 unspecified atom stereocenters. The number of rotatable bonds is 4. The van der Waals surface area contributed by atoms with E-state index in [-0.39, 0.29) is 11.9 Å². The highest BCUT2D eigenvalue weighted by atomic mass is 32.1. The molecule has 0 saturated heterocycles. The number of fused-ring (bicyclic) bond motifs is 1. The van der Waals surface area contributed by atoms with Crippen LogP contribution in [0.1, 0.15) is 56.7 Å². The average Bonchev–Trinajstić information content (AvgIpc) is 3.14. The van der Waals surface area contributed by atoms with E-state index in [0.717, 1.165) is 36.9 Å². The molecule has 0 fully saturated rings. The molecule has 24 heavy (non-hydrogen) atoms. The molecule has 0 radical (unpaired) electrons. The Labute approximate surface area is 144 Å². The normalized spacial score (nSPS) is 13.5. The van der Waals surface area contributed by atoms with Gasteiger partial charge >= 0.3 is 5.97 Å². The molecule has 6 nitrogen and oxygen atoms in total. The molecule has 1 aliphatic carbocycles. The second-order valence-corrected chi connectivity index (χ2v) is 6.95. The molecule has 2 aromatic rings. The molecule has 0 atom stereocenters. The maximum atomic E-state index is 12.5. The molecule has 1 amide bonds. The van der Waals surface area contributed by atoms with Gasteiger partial charge in [-0.2, -0.15) is 5.10 Å². The third-order valence-electron chi connectivity index (χ3n) is 4.30. The van der Waals surface area contributed by atoms with Crippen LogP contribution in [0.25, 0.3) is 0 Å². The molecule has 1 aliphatic rings. The number of thiophene rings is 1. The van der Waals surface area contributed by atoms with Crippen molar-refractivity contribution in [3.8, 4) is 0 Å². The van der Waals surface area contributed by atoms with E-state index in [1.165, 1.54) is 23.3 Å². The first-order valence-corrected chi connectivity index (χ1v) is 8.95. The lowest BCUT2D eigenvalue weighted by Gasteiger charge is -2.11. The van der Waals surface area contributed by atoms with Crippen LogP contribution < -0.4 is 5.32 Å². The number of aromatic nitrogens is 2. The lowest BCUT2D eigenvalue weighted by molar-refractivity contribution is 0.0601. The van der Waals surface area contributed by atoms with Crippen LogP contribution in [0.4, 0.5) is 5.00 Å². The molecule has 0 aliphatic heterocycles. The van der Waals surface area contributed by atoms with Crippen molar-refractivity contribution in [2.75, 3.05) is 12.4 Å². The van der Waals surface area contributed by atoms with E-state index < -0.39 is 0 Å². The molecule has 0 bridgehead atoms. The zero-order valence-electron chi connectivity index (χ0n) is 14.1. The van der Waals surface area contributed by atoms with Gasteiger partial charge in [0, 0.05) is 17.1 Å². The zero-order chi connectivity index (χ0) is 17.3. The van der Waals surface area contributed by atoms with Crippen LogP contribution in [0.5, 0.6) is 0 Å². The quantitative estimate of drug-likeness (QED) is 0.862. The summed E-state index contributed by atoms with van der Waals surface area (Å²) in [6.07, 6.45) is 3.97. The van der Waals surface area contributed by atoms with Crippen molar-refractivity contribution in [3.05, 3.63) is 33.5 Å². The second-order valence-electron chi connectivity index (χ2n) is 5.85. The summed E-state index contributed by atoms with van der Waals surface area (Å²) in [5.74, 6) is -0.686. The van der Waals surface area contributed by atoms with Crippen LogP contribution >= 0.6 is 11.3 Å². The van der Waals surface area contributed by atoms with Gasteiger partial charge in [0.25, 0.3) is 5.91 Å². The van der Waals surface area contributed by atoms with Crippen LogP contribution in [-0.2, 0) is 24.1 Å². The Balaban J connectivity index is 1.92. The molecule has 2 heterocycles. The Bertz CT molecular complexity index is 791. The molecule has 1 N–H and O–H groups in total. The van der Waals surface area contributed by atoms with Crippen LogP contribution in [0.15, 0.2) is 6.07 Å². The Morgan fingerprint density at radius 2 is 2.12 bits per heavy atom. The van der Waals surface area contributed by atoms with Crippen molar-refractivity contribution in [2.24, 2.45) is 0 Å². The number of nitrogens with one attached hydrogen (secondary N) is 1. The second kappa shape index (κ2) is 6.76. The van der Waals surface area contributed by atoms with Gasteiger partial charge in [0.05, 0.1) is 12.7 Å². The Morgan fingerprint density at radius 1 is 1.38 bits per heavy atom. The monoisotopic (exact) mass is 347 g/mol. The number of amides is 1. The summed E-state index contributed by atoms with van der Waals surface area (Å²) < 4.78 is 6.70. The fraction of sp³-hybridized carbons (Fsp3) is 0.471. The highest BCUT2D eigenvalue weighted by Gasteiger charge is 2.27. The molecule has 0 aromatic carbocycles. The predicted molar refractivity (Wildman–Crippen MR) is 92.9 cm³/mol. The van der Waals surface area contributed by atoms with Crippen molar-refractivity contribution in [2.45, 2.75) is 46.1 Å². The summed E-state index contributed by atoms with van der Waals surface area (Å²) in [4.78, 5) is 25.9. The van der Waals surface area contributed by atoms with Gasteiger partial charge < -0.3 is 10.1 Å². The van der Waals surface area contributed by atoms with Crippen molar-refractivity contribution < 1.29 is 14.3 Å². The minimum absolute atomic E-state index is 0.297. The van der Waals surface area contributed by atoms with E-state index in [9.17, 15) is 9.59 Å². The van der Waals surface area contributed by atoms with Crippen molar-refractivity contribution in [3.63, 3.8) is 0 Å². The number of methoxy groups -OCH3 is 1. The van der Waals surface area contributed by atoms with Crippen molar-refractivity contribution in [1.82, 2.24) is 9.78 Å². The van der Waals surface area contributed by atoms with Gasteiger partial charge in [0.1, 0.15) is 5.00 Å². The Morgan fingerprint density at radius 3 is 2.79 bits per heavy atom. The van der Waals surface area contributed by atoms with Gasteiger partial charge in [-0.1, -0.05) is 0 Å². The zero-order valence-corrected chi connectivity index (χ0v) is 15.0. The van der Waals surface area contributed by atoms with Crippen LogP contribution in [0.3, 0.4) is 0 Å². The molecule has 3 rings (SSSR count). The van der Waals surface area contributed by atoms with Gasteiger partial charge in [-0.05, 0) is 51.2 Å². The number of esters is 1. The van der Waals surface area contributed by atoms with E-state index in [0.29, 0.717) is 22.8 Å². The first kappa shape index (κ1) is 16.7. The lowest BCUT2D eigenvalue weighted by atomic mass is 9.95. The number of aryl methyl sites for hydroxylation is 3. The highest BCUT2D eigenvalue weighted by Crippen LogP contribution is 2.38. The van der Waals surface area contributed by atoms with E-state index in [1.807, 2.05) is 13.8 Å². The third-order valence-corrected chi connectivity index (χ3v) is 5.51. The molecule has 0 spiro atoms. The highest BCUT2D eigenvalue weighted by molar-refractivity contribution is 7.17. The van der Waals surface area contributed by atoms with Gasteiger partial charge in [-0.25, -0.2) is 4.79 Å². The van der Waals surface area contributed by atoms with Crippen LogP contribution in [0.2, 0.25) is 0 Å². The number of ether oxygens (including phenoxy) is 1. The molecule has 128 valence electrons. The Hall–Kier alpha value is -2.15. The smallest absolute Gasteiger partial charge is 0.341 e. The van der Waals surface area contributed by atoms with Crippen molar-refractivity contribution >= 4 is 28.2 Å². The van der Waals surface area contributed by atoms with E-state index >= 15 is 0 Å². The molecular formula is C17H21N3O3S. The maximum absolute atomic E-state index is 12.5.